The van der Waals surface area contributed by atoms with Crippen molar-refractivity contribution in [2.24, 2.45) is 0 Å². The van der Waals surface area contributed by atoms with Crippen molar-refractivity contribution in [3.05, 3.63) is 52.2 Å². The molecule has 1 fully saturated rings. The van der Waals surface area contributed by atoms with Crippen LogP contribution in [0.4, 0.5) is 0 Å². The quantitative estimate of drug-likeness (QED) is 0.579. The molecule has 1 aromatic carbocycles. The summed E-state index contributed by atoms with van der Waals surface area (Å²) >= 11 is 0. The Morgan fingerprint density at radius 1 is 1.15 bits per heavy atom. The van der Waals surface area contributed by atoms with Gasteiger partial charge >= 0.3 is 5.97 Å². The molecule has 0 radical (unpaired) electrons. The topological polar surface area (TPSA) is 46.6 Å². The van der Waals surface area contributed by atoms with Gasteiger partial charge in [-0.05, 0) is 42.4 Å². The third-order valence-electron chi connectivity index (χ3n) is 5.61. The Morgan fingerprint density at radius 3 is 2.26 bits per heavy atom. The largest absolute Gasteiger partial charge is 0.465 e. The molecule has 0 aromatic heterocycles. The molecule has 0 bridgehead atoms. The van der Waals surface area contributed by atoms with E-state index in [-0.39, 0.29) is 17.4 Å². The van der Waals surface area contributed by atoms with Crippen molar-refractivity contribution in [2.45, 2.75) is 64.8 Å². The first-order valence-electron chi connectivity index (χ1n) is 9.69. The number of carbonyl (C=O) groups is 2. The summed E-state index contributed by atoms with van der Waals surface area (Å²) in [6.45, 7) is 8.36. The van der Waals surface area contributed by atoms with Crippen molar-refractivity contribution in [2.75, 3.05) is 7.11 Å². The van der Waals surface area contributed by atoms with Crippen molar-refractivity contribution < 1.29 is 14.3 Å². The van der Waals surface area contributed by atoms with Gasteiger partial charge in [0.25, 0.3) is 5.91 Å². The molecule has 0 spiro atoms. The zero-order valence-electron chi connectivity index (χ0n) is 17.0. The maximum absolute atomic E-state index is 13.2. The lowest BCUT2D eigenvalue weighted by Crippen LogP contribution is -2.34. The van der Waals surface area contributed by atoms with E-state index in [9.17, 15) is 9.59 Å². The normalized spacial score (nSPS) is 20.1. The molecule has 144 valence electrons. The second kappa shape index (κ2) is 7.34. The number of nitrogens with zero attached hydrogens (tertiary/aromatic N) is 1. The summed E-state index contributed by atoms with van der Waals surface area (Å²) in [5.41, 5.74) is 3.77. The van der Waals surface area contributed by atoms with Crippen LogP contribution in [0.2, 0.25) is 0 Å². The number of esters is 1. The van der Waals surface area contributed by atoms with Gasteiger partial charge in [-0.25, -0.2) is 4.79 Å². The van der Waals surface area contributed by atoms with E-state index < -0.39 is 5.97 Å². The van der Waals surface area contributed by atoms with Crippen LogP contribution in [0.5, 0.6) is 0 Å². The van der Waals surface area contributed by atoms with Gasteiger partial charge in [0.15, 0.2) is 0 Å². The number of methoxy groups -OCH3 is 1. The van der Waals surface area contributed by atoms with Crippen LogP contribution in [-0.2, 0) is 19.7 Å². The maximum Gasteiger partial charge on any atom is 0.340 e. The molecule has 2 aliphatic rings. The maximum atomic E-state index is 13.2. The van der Waals surface area contributed by atoms with Crippen molar-refractivity contribution >= 4 is 18.0 Å². The van der Waals surface area contributed by atoms with Gasteiger partial charge in [-0.1, -0.05) is 57.9 Å². The number of rotatable bonds is 3. The zero-order chi connectivity index (χ0) is 19.8. The highest BCUT2D eigenvalue weighted by atomic mass is 16.5. The lowest BCUT2D eigenvalue weighted by atomic mass is 9.86. The molecule has 1 heterocycles. The molecule has 0 unspecified atom stereocenters. The molecule has 3 rings (SSSR count). The Morgan fingerprint density at radius 2 is 1.74 bits per heavy atom. The molecular formula is C23H29NO3. The van der Waals surface area contributed by atoms with Crippen molar-refractivity contribution in [1.82, 2.24) is 4.90 Å². The van der Waals surface area contributed by atoms with Crippen LogP contribution >= 0.6 is 0 Å². The standard InChI is InChI=1S/C23H29NO3/c1-15-20(22(26)27-5)19(21(25)24(15)18-8-6-7-9-18)14-16-10-12-17(13-11-16)23(2,3)4/h10-14,18H,6-9H2,1-5H3. The van der Waals surface area contributed by atoms with E-state index in [4.69, 9.17) is 4.74 Å². The van der Waals surface area contributed by atoms with Crippen LogP contribution in [0, 0.1) is 0 Å². The van der Waals surface area contributed by atoms with Gasteiger partial charge in [-0.15, -0.1) is 0 Å². The Balaban J connectivity index is 2.00. The monoisotopic (exact) mass is 367 g/mol. The molecule has 1 amide bonds. The summed E-state index contributed by atoms with van der Waals surface area (Å²) in [5, 5.41) is 0. The molecule has 4 heteroatoms. The summed E-state index contributed by atoms with van der Waals surface area (Å²) in [5.74, 6) is -0.529. The molecule has 4 nitrogen and oxygen atoms in total. The fraction of sp³-hybridized carbons (Fsp3) is 0.478. The van der Waals surface area contributed by atoms with Gasteiger partial charge in [0.2, 0.25) is 0 Å². The lowest BCUT2D eigenvalue weighted by molar-refractivity contribution is -0.136. The van der Waals surface area contributed by atoms with Crippen LogP contribution in [0.3, 0.4) is 0 Å². The number of benzene rings is 1. The zero-order valence-corrected chi connectivity index (χ0v) is 17.0. The van der Waals surface area contributed by atoms with E-state index in [2.05, 4.69) is 32.9 Å². The summed E-state index contributed by atoms with van der Waals surface area (Å²) in [6.07, 6.45) is 6.06. The van der Waals surface area contributed by atoms with Crippen molar-refractivity contribution in [3.8, 4) is 0 Å². The molecule has 0 N–H and O–H groups in total. The molecule has 1 aliphatic carbocycles. The third-order valence-corrected chi connectivity index (χ3v) is 5.61. The van der Waals surface area contributed by atoms with Crippen LogP contribution in [0.1, 0.15) is 64.5 Å². The van der Waals surface area contributed by atoms with Gasteiger partial charge < -0.3 is 9.64 Å². The number of allylic oxidation sites excluding steroid dienone is 1. The van der Waals surface area contributed by atoms with Crippen molar-refractivity contribution in [1.29, 1.82) is 0 Å². The molecule has 0 saturated heterocycles. The first kappa shape index (κ1) is 19.4. The Bertz CT molecular complexity index is 803. The second-order valence-electron chi connectivity index (χ2n) is 8.50. The fourth-order valence-corrected chi connectivity index (χ4v) is 4.05. The van der Waals surface area contributed by atoms with E-state index in [1.54, 1.807) is 0 Å². The van der Waals surface area contributed by atoms with Crippen LogP contribution in [-0.4, -0.2) is 29.9 Å². The summed E-state index contributed by atoms with van der Waals surface area (Å²) in [7, 11) is 1.36. The van der Waals surface area contributed by atoms with Gasteiger partial charge in [0, 0.05) is 11.7 Å². The van der Waals surface area contributed by atoms with Gasteiger partial charge in [-0.3, -0.25) is 4.79 Å². The van der Waals surface area contributed by atoms with Crippen LogP contribution in [0.15, 0.2) is 41.1 Å². The minimum absolute atomic E-state index is 0.0712. The van der Waals surface area contributed by atoms with Crippen LogP contribution in [0.25, 0.3) is 6.08 Å². The minimum atomic E-state index is -0.445. The minimum Gasteiger partial charge on any atom is -0.465 e. The first-order valence-corrected chi connectivity index (χ1v) is 9.69. The van der Waals surface area contributed by atoms with E-state index in [0.29, 0.717) is 11.1 Å². The molecule has 0 atom stereocenters. The number of ether oxygens (including phenoxy) is 1. The first-order chi connectivity index (χ1) is 12.7. The number of amides is 1. The van der Waals surface area contributed by atoms with E-state index in [1.807, 2.05) is 30.0 Å². The van der Waals surface area contributed by atoms with Crippen LogP contribution < -0.4 is 0 Å². The predicted molar refractivity (Wildman–Crippen MR) is 107 cm³/mol. The SMILES string of the molecule is COC(=O)C1=C(C)N(C2CCCC2)C(=O)C1=Cc1ccc(C(C)(C)C)cc1. The van der Waals surface area contributed by atoms with Crippen molar-refractivity contribution in [3.63, 3.8) is 0 Å². The summed E-state index contributed by atoms with van der Waals surface area (Å²) < 4.78 is 4.98. The Hall–Kier alpha value is -2.36. The highest BCUT2D eigenvalue weighted by molar-refractivity contribution is 6.16. The number of carbonyl (C=O) groups excluding carboxylic acids is 2. The second-order valence-corrected chi connectivity index (χ2v) is 8.50. The Labute approximate surface area is 161 Å². The van der Waals surface area contributed by atoms with Gasteiger partial charge in [-0.2, -0.15) is 0 Å². The van der Waals surface area contributed by atoms with E-state index in [1.165, 1.54) is 12.7 Å². The molecule has 1 saturated carbocycles. The molecule has 1 aromatic rings. The highest BCUT2D eigenvalue weighted by Gasteiger charge is 2.41. The van der Waals surface area contributed by atoms with Gasteiger partial charge in [0.1, 0.15) is 0 Å². The highest BCUT2D eigenvalue weighted by Crippen LogP contribution is 2.37. The predicted octanol–water partition coefficient (Wildman–Crippen LogP) is 4.60. The molecular weight excluding hydrogens is 338 g/mol. The number of hydrogen-bond acceptors (Lipinski definition) is 3. The fourth-order valence-electron chi connectivity index (χ4n) is 4.05. The average molecular weight is 367 g/mol. The summed E-state index contributed by atoms with van der Waals surface area (Å²) in [6, 6.07) is 8.35. The average Bonchev–Trinajstić information content (AvgIpc) is 3.21. The van der Waals surface area contributed by atoms with E-state index >= 15 is 0 Å². The molecule has 27 heavy (non-hydrogen) atoms. The molecule has 1 aliphatic heterocycles. The lowest BCUT2D eigenvalue weighted by Gasteiger charge is -2.25. The Kier molecular flexibility index (Phi) is 5.27. The van der Waals surface area contributed by atoms with Gasteiger partial charge in [0.05, 0.1) is 18.3 Å². The third kappa shape index (κ3) is 3.71. The smallest absolute Gasteiger partial charge is 0.340 e. The van der Waals surface area contributed by atoms with E-state index in [0.717, 1.165) is 36.9 Å². The summed E-state index contributed by atoms with van der Waals surface area (Å²) in [4.78, 5) is 27.4. The number of hydrogen-bond donors (Lipinski definition) is 0.